The van der Waals surface area contributed by atoms with Crippen molar-refractivity contribution in [2.75, 3.05) is 17.6 Å². The number of aromatic nitrogens is 1. The fourth-order valence-corrected chi connectivity index (χ4v) is 2.13. The molecule has 0 aliphatic heterocycles. The predicted molar refractivity (Wildman–Crippen MR) is 78.2 cm³/mol. The van der Waals surface area contributed by atoms with Gasteiger partial charge < -0.3 is 16.0 Å². The van der Waals surface area contributed by atoms with Gasteiger partial charge in [-0.05, 0) is 24.3 Å². The molecule has 0 unspecified atom stereocenters. The minimum atomic E-state index is -0.0187. The van der Waals surface area contributed by atoms with Crippen LogP contribution in [0.4, 0.5) is 11.4 Å². The number of anilines is 2. The molecule has 1 aromatic carbocycles. The summed E-state index contributed by atoms with van der Waals surface area (Å²) in [6.07, 6.45) is 1.93. The van der Waals surface area contributed by atoms with Crippen LogP contribution in [0.15, 0.2) is 36.5 Å². The minimum absolute atomic E-state index is 0.0187. The Morgan fingerprint density at radius 3 is 2.67 bits per heavy atom. The van der Waals surface area contributed by atoms with E-state index in [1.807, 2.05) is 30.5 Å². The summed E-state index contributed by atoms with van der Waals surface area (Å²) in [4.78, 5) is 3.24. The topological polar surface area (TPSA) is 53.8 Å². The molecule has 0 fully saturated rings. The zero-order valence-corrected chi connectivity index (χ0v) is 11.4. The summed E-state index contributed by atoms with van der Waals surface area (Å²) in [5.41, 5.74) is 8.55. The van der Waals surface area contributed by atoms with Crippen LogP contribution in [0.25, 0.3) is 0 Å². The maximum atomic E-state index is 6.13. The van der Waals surface area contributed by atoms with E-state index in [2.05, 4.69) is 30.2 Å². The van der Waals surface area contributed by atoms with Crippen LogP contribution in [-0.2, 0) is 5.41 Å². The van der Waals surface area contributed by atoms with Crippen LogP contribution in [0.5, 0.6) is 0 Å². The number of benzene rings is 1. The molecule has 0 bridgehead atoms. The second-order valence-electron chi connectivity index (χ2n) is 5.03. The first kappa shape index (κ1) is 12.8. The highest BCUT2D eigenvalue weighted by Crippen LogP contribution is 2.30. The first-order chi connectivity index (χ1) is 8.50. The highest BCUT2D eigenvalue weighted by molar-refractivity contribution is 6.33. The second-order valence-corrected chi connectivity index (χ2v) is 5.43. The predicted octanol–water partition coefficient (Wildman–Crippen LogP) is 3.64. The van der Waals surface area contributed by atoms with Gasteiger partial charge in [0.05, 0.1) is 16.4 Å². The van der Waals surface area contributed by atoms with Gasteiger partial charge in [-0.1, -0.05) is 31.5 Å². The molecular weight excluding hydrogens is 246 g/mol. The van der Waals surface area contributed by atoms with Crippen molar-refractivity contribution in [2.45, 2.75) is 19.3 Å². The summed E-state index contributed by atoms with van der Waals surface area (Å²) < 4.78 is 0. The molecule has 0 amide bonds. The number of rotatable bonds is 4. The van der Waals surface area contributed by atoms with Crippen LogP contribution in [-0.4, -0.2) is 11.5 Å². The zero-order chi connectivity index (χ0) is 13.2. The number of hydrogen-bond donors (Lipinski definition) is 3. The van der Waals surface area contributed by atoms with Crippen LogP contribution in [0, 0.1) is 0 Å². The van der Waals surface area contributed by atoms with Gasteiger partial charge in [0.15, 0.2) is 0 Å². The summed E-state index contributed by atoms with van der Waals surface area (Å²) in [6.45, 7) is 5.08. The van der Waals surface area contributed by atoms with Gasteiger partial charge >= 0.3 is 0 Å². The van der Waals surface area contributed by atoms with Crippen molar-refractivity contribution in [3.8, 4) is 0 Å². The zero-order valence-electron chi connectivity index (χ0n) is 10.6. The number of halogens is 1. The van der Waals surface area contributed by atoms with Gasteiger partial charge in [0.2, 0.25) is 0 Å². The standard InChI is InChI=1S/C14H18ClN3/c1-14(2,12-7-4-8-17-12)9-18-13-10(15)5-3-6-11(13)16/h3-8,17-18H,9,16H2,1-2H3. The lowest BCUT2D eigenvalue weighted by Gasteiger charge is -2.25. The molecule has 4 N–H and O–H groups in total. The quantitative estimate of drug-likeness (QED) is 0.738. The molecule has 4 heteroatoms. The minimum Gasteiger partial charge on any atom is -0.397 e. The third-order valence-corrected chi connectivity index (χ3v) is 3.39. The molecule has 0 saturated carbocycles. The number of H-pyrrole nitrogens is 1. The van der Waals surface area contributed by atoms with Gasteiger partial charge in [0, 0.05) is 23.9 Å². The molecule has 0 aliphatic rings. The molecule has 18 heavy (non-hydrogen) atoms. The normalized spacial score (nSPS) is 11.5. The molecule has 0 aliphatic carbocycles. The monoisotopic (exact) mass is 263 g/mol. The number of nitrogens with two attached hydrogens (primary N) is 1. The molecular formula is C14H18ClN3. The van der Waals surface area contributed by atoms with E-state index >= 15 is 0 Å². The molecule has 0 atom stereocenters. The largest absolute Gasteiger partial charge is 0.397 e. The molecule has 0 saturated heterocycles. The molecule has 1 heterocycles. The lowest BCUT2D eigenvalue weighted by molar-refractivity contribution is 0.542. The average molecular weight is 264 g/mol. The number of nitrogen functional groups attached to an aromatic ring is 1. The molecule has 3 nitrogen and oxygen atoms in total. The Bertz CT molecular complexity index is 498. The molecule has 0 spiro atoms. The Hall–Kier alpha value is -1.61. The fraction of sp³-hybridized carbons (Fsp3) is 0.286. The maximum absolute atomic E-state index is 6.13. The maximum Gasteiger partial charge on any atom is 0.0763 e. The van der Waals surface area contributed by atoms with Crippen LogP contribution < -0.4 is 11.1 Å². The van der Waals surface area contributed by atoms with Crippen LogP contribution >= 0.6 is 11.6 Å². The van der Waals surface area contributed by atoms with Gasteiger partial charge in [-0.3, -0.25) is 0 Å². The van der Waals surface area contributed by atoms with Gasteiger partial charge in [0.1, 0.15) is 0 Å². The van der Waals surface area contributed by atoms with E-state index in [1.165, 1.54) is 5.69 Å². The summed E-state index contributed by atoms with van der Waals surface area (Å²) >= 11 is 6.13. The van der Waals surface area contributed by atoms with Crippen molar-refractivity contribution in [1.29, 1.82) is 0 Å². The summed E-state index contributed by atoms with van der Waals surface area (Å²) in [7, 11) is 0. The lowest BCUT2D eigenvalue weighted by Crippen LogP contribution is -2.28. The highest BCUT2D eigenvalue weighted by atomic mass is 35.5. The summed E-state index contributed by atoms with van der Waals surface area (Å²) in [5, 5.41) is 3.98. The first-order valence-electron chi connectivity index (χ1n) is 5.92. The molecule has 2 rings (SSSR count). The third kappa shape index (κ3) is 2.62. The van der Waals surface area contributed by atoms with Crippen LogP contribution in [0.3, 0.4) is 0 Å². The summed E-state index contributed by atoms with van der Waals surface area (Å²) in [6, 6.07) is 9.61. The Labute approximate surface area is 112 Å². The number of aromatic amines is 1. The van der Waals surface area contributed by atoms with E-state index in [9.17, 15) is 0 Å². The Morgan fingerprint density at radius 2 is 2.06 bits per heavy atom. The van der Waals surface area contributed by atoms with Gasteiger partial charge in [-0.15, -0.1) is 0 Å². The van der Waals surface area contributed by atoms with Gasteiger partial charge in [-0.2, -0.15) is 0 Å². The van der Waals surface area contributed by atoms with E-state index in [1.54, 1.807) is 0 Å². The second kappa shape index (κ2) is 4.94. The SMILES string of the molecule is CC(C)(CNc1c(N)cccc1Cl)c1ccc[nH]1. The average Bonchev–Trinajstić information content (AvgIpc) is 2.82. The number of para-hydroxylation sites is 1. The lowest BCUT2D eigenvalue weighted by atomic mass is 9.89. The molecule has 0 radical (unpaired) electrons. The summed E-state index contributed by atoms with van der Waals surface area (Å²) in [5.74, 6) is 0. The molecule has 1 aromatic heterocycles. The first-order valence-corrected chi connectivity index (χ1v) is 6.30. The van der Waals surface area contributed by atoms with Crippen molar-refractivity contribution >= 4 is 23.0 Å². The Balaban J connectivity index is 2.12. The van der Waals surface area contributed by atoms with Crippen molar-refractivity contribution in [1.82, 2.24) is 4.98 Å². The van der Waals surface area contributed by atoms with Crippen LogP contribution in [0.2, 0.25) is 5.02 Å². The van der Waals surface area contributed by atoms with E-state index < -0.39 is 0 Å². The van der Waals surface area contributed by atoms with Crippen molar-refractivity contribution in [3.05, 3.63) is 47.2 Å². The van der Waals surface area contributed by atoms with Gasteiger partial charge in [-0.25, -0.2) is 0 Å². The van der Waals surface area contributed by atoms with E-state index in [0.29, 0.717) is 10.7 Å². The highest BCUT2D eigenvalue weighted by Gasteiger charge is 2.21. The van der Waals surface area contributed by atoms with Gasteiger partial charge in [0.25, 0.3) is 0 Å². The van der Waals surface area contributed by atoms with Crippen molar-refractivity contribution < 1.29 is 0 Å². The Morgan fingerprint density at radius 1 is 1.28 bits per heavy atom. The number of nitrogens with one attached hydrogen (secondary N) is 2. The van der Waals surface area contributed by atoms with E-state index in [-0.39, 0.29) is 5.41 Å². The molecule has 96 valence electrons. The van der Waals surface area contributed by atoms with Crippen LogP contribution in [0.1, 0.15) is 19.5 Å². The molecule has 2 aromatic rings. The van der Waals surface area contributed by atoms with E-state index in [4.69, 9.17) is 17.3 Å². The van der Waals surface area contributed by atoms with Crippen molar-refractivity contribution in [2.24, 2.45) is 0 Å². The van der Waals surface area contributed by atoms with E-state index in [0.717, 1.165) is 12.2 Å². The van der Waals surface area contributed by atoms with Crippen molar-refractivity contribution in [3.63, 3.8) is 0 Å². The Kier molecular flexibility index (Phi) is 3.53. The smallest absolute Gasteiger partial charge is 0.0763 e. The number of hydrogen-bond acceptors (Lipinski definition) is 2. The fourth-order valence-electron chi connectivity index (χ4n) is 1.88. The third-order valence-electron chi connectivity index (χ3n) is 3.08.